The molecular formula is C29H44ClN3O3. The highest BCUT2D eigenvalue weighted by atomic mass is 35.5. The fourth-order valence-corrected chi connectivity index (χ4v) is 8.56. The van der Waals surface area contributed by atoms with Crippen molar-refractivity contribution in [1.82, 2.24) is 15.2 Å². The van der Waals surface area contributed by atoms with Crippen LogP contribution in [0.1, 0.15) is 89.0 Å². The molecule has 0 unspecified atom stereocenters. The minimum Gasteiger partial charge on any atom is -0.480 e. The maximum atomic E-state index is 12.5. The van der Waals surface area contributed by atoms with Crippen LogP contribution >= 0.6 is 12.4 Å². The number of pyridine rings is 1. The number of nitrogens with zero attached hydrogens (tertiary/aromatic N) is 2. The molecule has 1 aromatic heterocycles. The number of carbonyl (C=O) groups is 2. The third-order valence-corrected chi connectivity index (χ3v) is 9.83. The van der Waals surface area contributed by atoms with Crippen LogP contribution < -0.4 is 5.32 Å². The van der Waals surface area contributed by atoms with Gasteiger partial charge in [0.05, 0.1) is 0 Å². The van der Waals surface area contributed by atoms with E-state index in [-0.39, 0.29) is 18.3 Å². The molecule has 7 heteroatoms. The number of rotatable bonds is 12. The second-order valence-corrected chi connectivity index (χ2v) is 12.3. The molecule has 1 atom stereocenters. The van der Waals surface area contributed by atoms with Gasteiger partial charge in [0.25, 0.3) is 0 Å². The van der Waals surface area contributed by atoms with Crippen LogP contribution in [0.15, 0.2) is 24.5 Å². The molecule has 36 heavy (non-hydrogen) atoms. The van der Waals surface area contributed by atoms with Gasteiger partial charge < -0.3 is 10.4 Å². The molecule has 0 aromatic carbocycles. The number of aliphatic carboxylic acids is 1. The zero-order chi connectivity index (χ0) is 24.3. The maximum absolute atomic E-state index is 12.5. The second-order valence-electron chi connectivity index (χ2n) is 12.3. The largest absolute Gasteiger partial charge is 0.480 e. The molecule has 2 heterocycles. The van der Waals surface area contributed by atoms with Gasteiger partial charge in [-0.05, 0) is 124 Å². The first-order valence-electron chi connectivity index (χ1n) is 14.1. The lowest BCUT2D eigenvalue weighted by Gasteiger charge is -2.57. The molecule has 6 nitrogen and oxygen atoms in total. The Morgan fingerprint density at radius 2 is 1.69 bits per heavy atom. The SMILES string of the molecule is Cl.O=C(CCCC[C@@]1(C(=O)O)CCCN1CCc1ccncc1)NCCC12CC3CC(CC(C3)C1)C2. The molecule has 2 N–H and O–H groups in total. The molecule has 6 rings (SSSR count). The Bertz CT molecular complexity index is 860. The van der Waals surface area contributed by atoms with Gasteiger partial charge in [0.15, 0.2) is 0 Å². The van der Waals surface area contributed by atoms with Crippen molar-refractivity contribution < 1.29 is 14.7 Å². The van der Waals surface area contributed by atoms with Gasteiger partial charge in [0.2, 0.25) is 5.91 Å². The molecule has 5 fully saturated rings. The Kier molecular flexibility index (Phi) is 8.98. The van der Waals surface area contributed by atoms with Crippen molar-refractivity contribution in [2.45, 2.75) is 95.4 Å². The van der Waals surface area contributed by atoms with Gasteiger partial charge in [0.1, 0.15) is 5.54 Å². The van der Waals surface area contributed by atoms with E-state index in [1.54, 1.807) is 12.4 Å². The fourth-order valence-electron chi connectivity index (χ4n) is 8.56. The quantitative estimate of drug-likeness (QED) is 0.370. The summed E-state index contributed by atoms with van der Waals surface area (Å²) in [4.78, 5) is 31.1. The predicted molar refractivity (Wildman–Crippen MR) is 143 cm³/mol. The topological polar surface area (TPSA) is 82.5 Å². The van der Waals surface area contributed by atoms with Gasteiger partial charge in [-0.3, -0.25) is 19.5 Å². The summed E-state index contributed by atoms with van der Waals surface area (Å²) in [5.41, 5.74) is 0.927. The standard InChI is InChI=1S/C29H43N3O3.ClH/c33-26(31-13-10-28-19-23-16-24(20-28)18-25(17-23)21-28)4-1-2-8-29(27(34)35)9-3-14-32(29)15-7-22-5-11-30-12-6-22;/h5-6,11-12,23-25H,1-4,7-10,13-21H2,(H,31,33)(H,34,35);1H/t23?,24?,25?,28?,29-;/m0./s1. The van der Waals surface area contributed by atoms with Crippen molar-refractivity contribution in [2.24, 2.45) is 23.2 Å². The third kappa shape index (κ3) is 6.07. The lowest BCUT2D eigenvalue weighted by Crippen LogP contribution is -2.51. The first-order valence-corrected chi connectivity index (χ1v) is 14.1. The average Bonchev–Trinajstić information content (AvgIpc) is 3.24. The van der Waals surface area contributed by atoms with E-state index in [1.165, 1.54) is 44.1 Å². The average molecular weight is 518 g/mol. The minimum atomic E-state index is -0.776. The third-order valence-electron chi connectivity index (χ3n) is 9.83. The number of amides is 1. The lowest BCUT2D eigenvalue weighted by molar-refractivity contribution is -0.150. The van der Waals surface area contributed by atoms with Gasteiger partial charge in [-0.25, -0.2) is 0 Å². The number of halogens is 1. The van der Waals surface area contributed by atoms with E-state index in [9.17, 15) is 14.7 Å². The number of unbranched alkanes of at least 4 members (excludes halogenated alkanes) is 1. The van der Waals surface area contributed by atoms with E-state index in [1.807, 2.05) is 12.1 Å². The second kappa shape index (κ2) is 11.8. The first kappa shape index (κ1) is 27.4. The number of carboxylic acid groups (broad SMARTS) is 1. The number of likely N-dealkylation sites (tertiary alicyclic amines) is 1. The van der Waals surface area contributed by atoms with Gasteiger partial charge in [0, 0.05) is 31.9 Å². The van der Waals surface area contributed by atoms with Gasteiger partial charge >= 0.3 is 5.97 Å². The highest BCUT2D eigenvalue weighted by Gasteiger charge is 2.50. The Balaban J connectivity index is 0.00000304. The predicted octanol–water partition coefficient (Wildman–Crippen LogP) is 5.25. The van der Waals surface area contributed by atoms with Crippen LogP contribution in [0.3, 0.4) is 0 Å². The molecule has 1 amide bonds. The van der Waals surface area contributed by atoms with Crippen LogP contribution in [0, 0.1) is 23.2 Å². The van der Waals surface area contributed by atoms with Crippen LogP contribution in [-0.4, -0.2) is 52.0 Å². The minimum absolute atomic E-state index is 0. The maximum Gasteiger partial charge on any atom is 0.324 e. The Morgan fingerprint density at radius 1 is 1.03 bits per heavy atom. The highest BCUT2D eigenvalue weighted by Crippen LogP contribution is 2.61. The molecule has 4 saturated carbocycles. The van der Waals surface area contributed by atoms with Crippen molar-refractivity contribution in [1.29, 1.82) is 0 Å². The Morgan fingerprint density at radius 3 is 2.33 bits per heavy atom. The van der Waals surface area contributed by atoms with Crippen molar-refractivity contribution in [3.8, 4) is 0 Å². The smallest absolute Gasteiger partial charge is 0.324 e. The van der Waals surface area contributed by atoms with Crippen molar-refractivity contribution in [2.75, 3.05) is 19.6 Å². The van der Waals surface area contributed by atoms with Crippen LogP contribution in [-0.2, 0) is 16.0 Å². The molecule has 5 aliphatic rings. The number of aromatic nitrogens is 1. The molecule has 4 aliphatic carbocycles. The molecule has 1 aliphatic heterocycles. The van der Waals surface area contributed by atoms with Gasteiger partial charge in [-0.2, -0.15) is 0 Å². The normalized spacial score (nSPS) is 32.8. The molecule has 0 radical (unpaired) electrons. The highest BCUT2D eigenvalue weighted by molar-refractivity contribution is 5.85. The van der Waals surface area contributed by atoms with E-state index in [2.05, 4.69) is 15.2 Å². The van der Waals surface area contributed by atoms with Crippen molar-refractivity contribution in [3.05, 3.63) is 30.1 Å². The summed E-state index contributed by atoms with van der Waals surface area (Å²) >= 11 is 0. The summed E-state index contributed by atoms with van der Waals surface area (Å²) in [6.45, 7) is 2.40. The van der Waals surface area contributed by atoms with Crippen molar-refractivity contribution >= 4 is 24.3 Å². The summed E-state index contributed by atoms with van der Waals surface area (Å²) in [5, 5.41) is 13.3. The first-order chi connectivity index (χ1) is 17.0. The van der Waals surface area contributed by atoms with Gasteiger partial charge in [-0.1, -0.05) is 6.42 Å². The van der Waals surface area contributed by atoms with E-state index in [0.29, 0.717) is 24.7 Å². The Hall–Kier alpha value is -1.66. The van der Waals surface area contributed by atoms with Crippen LogP contribution in [0.5, 0.6) is 0 Å². The van der Waals surface area contributed by atoms with Gasteiger partial charge in [-0.15, -0.1) is 12.4 Å². The molecule has 0 spiro atoms. The summed E-state index contributed by atoms with van der Waals surface area (Å²) in [5.74, 6) is 2.31. The summed E-state index contributed by atoms with van der Waals surface area (Å²) in [6, 6.07) is 4.00. The summed E-state index contributed by atoms with van der Waals surface area (Å²) in [7, 11) is 0. The molecule has 1 aromatic rings. The number of nitrogens with one attached hydrogen (secondary N) is 1. The van der Waals surface area contributed by atoms with E-state index >= 15 is 0 Å². The van der Waals surface area contributed by atoms with E-state index in [4.69, 9.17) is 0 Å². The zero-order valence-corrected chi connectivity index (χ0v) is 22.4. The van der Waals surface area contributed by atoms with E-state index < -0.39 is 11.5 Å². The Labute approximate surface area is 222 Å². The number of hydrogen-bond donors (Lipinski definition) is 2. The van der Waals surface area contributed by atoms with Crippen LogP contribution in [0.2, 0.25) is 0 Å². The van der Waals surface area contributed by atoms with Crippen LogP contribution in [0.25, 0.3) is 0 Å². The van der Waals surface area contributed by atoms with Crippen LogP contribution in [0.4, 0.5) is 0 Å². The lowest BCUT2D eigenvalue weighted by atomic mass is 9.49. The molecule has 4 bridgehead atoms. The number of carboxylic acids is 1. The number of carbonyl (C=O) groups excluding carboxylic acids is 1. The molecule has 200 valence electrons. The monoisotopic (exact) mass is 517 g/mol. The zero-order valence-electron chi connectivity index (χ0n) is 21.6. The fraction of sp³-hybridized carbons (Fsp3) is 0.759. The van der Waals surface area contributed by atoms with Crippen molar-refractivity contribution in [3.63, 3.8) is 0 Å². The molecule has 1 saturated heterocycles. The van der Waals surface area contributed by atoms with E-state index in [0.717, 1.165) is 69.5 Å². The summed E-state index contributed by atoms with van der Waals surface area (Å²) in [6.07, 6.45) is 18.4. The summed E-state index contributed by atoms with van der Waals surface area (Å²) < 4.78 is 0. The number of hydrogen-bond acceptors (Lipinski definition) is 4. The molecular weight excluding hydrogens is 474 g/mol.